The molecule has 2 aliphatic heterocycles. The second-order valence-electron chi connectivity index (χ2n) is 37.7. The van der Waals surface area contributed by atoms with Gasteiger partial charge >= 0.3 is 0 Å². The molecule has 4 heterocycles. The maximum absolute atomic E-state index is 6.79. The van der Waals surface area contributed by atoms with Crippen molar-refractivity contribution < 1.29 is 8.83 Å². The van der Waals surface area contributed by atoms with Gasteiger partial charge in [0, 0.05) is 50.1 Å². The molecule has 542 valence electrons. The van der Waals surface area contributed by atoms with Crippen molar-refractivity contribution in [1.29, 1.82) is 0 Å². The van der Waals surface area contributed by atoms with E-state index in [2.05, 4.69) is 389 Å². The highest BCUT2D eigenvalue weighted by Crippen LogP contribution is 2.66. The van der Waals surface area contributed by atoms with Crippen molar-refractivity contribution in [1.82, 2.24) is 0 Å². The van der Waals surface area contributed by atoms with Gasteiger partial charge in [-0.2, -0.15) is 0 Å². The number of furan rings is 2. The molecule has 4 heteroatoms. The first-order chi connectivity index (χ1) is 51.8. The zero-order valence-corrected chi connectivity index (χ0v) is 66.8. The number of hydrogen-bond acceptors (Lipinski definition) is 4. The minimum absolute atomic E-state index is 0.0524. The summed E-state index contributed by atoms with van der Waals surface area (Å²) < 4.78 is 13.6. The first kappa shape index (κ1) is 69.8. The second-order valence-corrected chi connectivity index (χ2v) is 37.7. The van der Waals surface area contributed by atoms with E-state index in [1.54, 1.807) is 0 Å². The van der Waals surface area contributed by atoms with E-state index >= 15 is 0 Å². The fourth-order valence-corrected chi connectivity index (χ4v) is 18.2. The van der Waals surface area contributed by atoms with Gasteiger partial charge in [0.15, 0.2) is 0 Å². The van der Waals surface area contributed by atoms with Gasteiger partial charge in [-0.05, 0) is 217 Å². The summed E-state index contributed by atoms with van der Waals surface area (Å²) >= 11 is 0. The van der Waals surface area contributed by atoms with Gasteiger partial charge in [-0.1, -0.05) is 307 Å². The fourth-order valence-electron chi connectivity index (χ4n) is 18.2. The standard InChI is InChI=1S/C105H100N2O2/c1-100(2,3)69-47-41-62(42-48-69)79-58-71(102(7,8)9)60-83(104(13,14)15)98(79)106-85-51-45-66(75-35-27-39-91-94(75)77-33-23-25-37-89(77)108-91)54-81(85)96-82-55-67(76-36-28-40-92-95(76)78-34-24-26-38-90(78)109-92)46-52-86(82)107(88-57-68(56-87(106)97(88)96)93-73-31-21-19-29-64(73)53-65-30-20-22-32-74(65)93)99-80(63-43-49-70(50-44-63)101(4,5)6)59-72(103(10,11)12)61-84(99)105(16,17)18/h19-52,54-61,93,96H,53H2,1-18H3. The highest BCUT2D eigenvalue weighted by molar-refractivity contribution is 6.14. The van der Waals surface area contributed by atoms with Crippen molar-refractivity contribution in [2.45, 2.75) is 175 Å². The molecule has 0 radical (unpaired) electrons. The molecule has 0 spiro atoms. The van der Waals surface area contributed by atoms with Crippen LogP contribution >= 0.6 is 0 Å². The number of nitrogens with zero attached hydrogens (tertiary/aromatic N) is 2. The Labute approximate surface area is 645 Å². The third kappa shape index (κ3) is 11.6. The summed E-state index contributed by atoms with van der Waals surface area (Å²) in [6.45, 7) is 42.9. The van der Waals surface area contributed by atoms with Crippen molar-refractivity contribution in [2.24, 2.45) is 0 Å². The van der Waals surface area contributed by atoms with Crippen LogP contribution in [0.5, 0.6) is 0 Å². The van der Waals surface area contributed by atoms with Gasteiger partial charge in [-0.25, -0.2) is 0 Å². The van der Waals surface area contributed by atoms with Crippen LogP contribution in [-0.4, -0.2) is 0 Å². The summed E-state index contributed by atoms with van der Waals surface area (Å²) in [5, 5.41) is 4.45. The van der Waals surface area contributed by atoms with E-state index < -0.39 is 0 Å². The summed E-state index contributed by atoms with van der Waals surface area (Å²) in [6.07, 6.45) is 0.871. The van der Waals surface area contributed by atoms with E-state index in [-0.39, 0.29) is 44.3 Å². The topological polar surface area (TPSA) is 32.8 Å². The van der Waals surface area contributed by atoms with Gasteiger partial charge in [-0.3, -0.25) is 0 Å². The molecule has 0 unspecified atom stereocenters. The lowest BCUT2D eigenvalue weighted by Gasteiger charge is -2.48. The molecule has 0 saturated carbocycles. The fraction of sp³-hybridized carbons (Fsp3) is 0.257. The Bertz CT molecular complexity index is 5830. The summed E-state index contributed by atoms with van der Waals surface area (Å²) in [6, 6.07) is 98.9. The number of hydrogen-bond donors (Lipinski definition) is 0. The number of para-hydroxylation sites is 2. The van der Waals surface area contributed by atoms with Gasteiger partial charge in [0.25, 0.3) is 0 Å². The number of fused-ring (bicyclic) bond motifs is 12. The van der Waals surface area contributed by atoms with E-state index in [0.717, 1.165) is 83.9 Å². The lowest BCUT2D eigenvalue weighted by molar-refractivity contribution is 0.569. The lowest BCUT2D eigenvalue weighted by Crippen LogP contribution is -2.32. The molecule has 2 aromatic heterocycles. The second kappa shape index (κ2) is 24.8. The van der Waals surface area contributed by atoms with Crippen LogP contribution < -0.4 is 9.80 Å². The zero-order valence-electron chi connectivity index (χ0n) is 66.8. The maximum Gasteiger partial charge on any atom is 0.136 e. The van der Waals surface area contributed by atoms with Crippen molar-refractivity contribution in [2.75, 3.05) is 9.80 Å². The van der Waals surface area contributed by atoms with Crippen molar-refractivity contribution in [3.63, 3.8) is 0 Å². The Kier molecular flexibility index (Phi) is 15.9. The molecule has 15 aromatic rings. The van der Waals surface area contributed by atoms with Crippen LogP contribution in [0.25, 0.3) is 88.4 Å². The average molecular weight is 1420 g/mol. The Morgan fingerprint density at radius 1 is 0.275 bits per heavy atom. The highest BCUT2D eigenvalue weighted by Gasteiger charge is 2.46. The molecule has 13 aromatic carbocycles. The van der Waals surface area contributed by atoms with Crippen LogP contribution in [-0.2, 0) is 38.9 Å². The third-order valence-electron chi connectivity index (χ3n) is 24.1. The van der Waals surface area contributed by atoms with E-state index in [9.17, 15) is 0 Å². The van der Waals surface area contributed by atoms with Gasteiger partial charge in [0.2, 0.25) is 0 Å². The van der Waals surface area contributed by atoms with Crippen LogP contribution in [0.4, 0.5) is 34.1 Å². The lowest BCUT2D eigenvalue weighted by atomic mass is 9.70. The van der Waals surface area contributed by atoms with Crippen LogP contribution in [0.3, 0.4) is 0 Å². The van der Waals surface area contributed by atoms with E-state index in [1.807, 2.05) is 0 Å². The third-order valence-corrected chi connectivity index (χ3v) is 24.1. The minimum atomic E-state index is -0.357. The van der Waals surface area contributed by atoms with Crippen molar-refractivity contribution in [3.05, 3.63) is 333 Å². The molecule has 109 heavy (non-hydrogen) atoms. The largest absolute Gasteiger partial charge is 0.456 e. The smallest absolute Gasteiger partial charge is 0.136 e. The van der Waals surface area contributed by atoms with Gasteiger partial charge < -0.3 is 18.6 Å². The first-order valence-corrected chi connectivity index (χ1v) is 39.5. The molecule has 0 atom stereocenters. The van der Waals surface area contributed by atoms with Crippen LogP contribution in [0, 0.1) is 0 Å². The molecule has 0 N–H and O–H groups in total. The van der Waals surface area contributed by atoms with Crippen LogP contribution in [0.15, 0.2) is 264 Å². The number of benzene rings is 13. The number of anilines is 6. The summed E-state index contributed by atoms with van der Waals surface area (Å²) in [5.41, 5.74) is 36.9. The highest BCUT2D eigenvalue weighted by atomic mass is 16.3. The van der Waals surface area contributed by atoms with Crippen molar-refractivity contribution >= 4 is 78.0 Å². The molecule has 1 aliphatic carbocycles. The molecule has 0 amide bonds. The van der Waals surface area contributed by atoms with Gasteiger partial charge in [-0.15, -0.1) is 0 Å². The maximum atomic E-state index is 6.79. The van der Waals surface area contributed by atoms with E-state index in [4.69, 9.17) is 8.83 Å². The van der Waals surface area contributed by atoms with Gasteiger partial charge in [0.05, 0.1) is 34.1 Å². The van der Waals surface area contributed by atoms with Crippen LogP contribution in [0.2, 0.25) is 0 Å². The van der Waals surface area contributed by atoms with Gasteiger partial charge in [0.1, 0.15) is 22.3 Å². The summed E-state index contributed by atoms with van der Waals surface area (Å²) in [4.78, 5) is 5.58. The molecular weight excluding hydrogens is 1320 g/mol. The molecule has 0 saturated heterocycles. The Hall–Kier alpha value is -10.9. The molecule has 18 rings (SSSR count). The Morgan fingerprint density at radius 2 is 0.642 bits per heavy atom. The molecule has 0 fully saturated rings. The Morgan fingerprint density at radius 3 is 1.04 bits per heavy atom. The molecule has 4 nitrogen and oxygen atoms in total. The summed E-state index contributed by atoms with van der Waals surface area (Å²) in [7, 11) is 0. The Balaban J connectivity index is 1.06. The monoisotopic (exact) mass is 1420 g/mol. The first-order valence-electron chi connectivity index (χ1n) is 39.5. The molecular formula is C105H100N2O2. The van der Waals surface area contributed by atoms with E-state index in [1.165, 1.54) is 123 Å². The summed E-state index contributed by atoms with van der Waals surface area (Å²) in [5.74, 6) is -0.427. The predicted octanol–water partition coefficient (Wildman–Crippen LogP) is 29.8. The SMILES string of the molecule is CC(C)(C)c1ccc(-c2cc(C(C)(C)C)cc(C(C)(C)C)c2N2c3ccc(-c4cccc5oc6ccccc6c45)cc3C3c4cc(-c5cccc6oc7ccccc7c56)ccc4N(c4c(-c5ccc(C(C)(C)C)cc5)cc(C(C)(C)C)cc4C(C)(C)C)c4cc(C5c6ccccc6Cc6ccccc65)cc2c43)cc1. The minimum Gasteiger partial charge on any atom is -0.456 e. The molecule has 3 aliphatic rings. The average Bonchev–Trinajstić information content (AvgIpc) is 1.38. The molecule has 0 bridgehead atoms. The van der Waals surface area contributed by atoms with Crippen molar-refractivity contribution in [3.8, 4) is 44.5 Å². The quantitative estimate of drug-likeness (QED) is 0.159. The van der Waals surface area contributed by atoms with E-state index in [0.29, 0.717) is 0 Å². The van der Waals surface area contributed by atoms with Crippen LogP contribution in [0.1, 0.15) is 214 Å². The number of rotatable bonds is 7. The normalized spacial score (nSPS) is 14.2. The zero-order chi connectivity index (χ0) is 75.9. The predicted molar refractivity (Wildman–Crippen MR) is 462 cm³/mol.